The fourth-order valence-electron chi connectivity index (χ4n) is 9.49. The first-order valence-electron chi connectivity index (χ1n) is 16.5. The van der Waals surface area contributed by atoms with Crippen molar-refractivity contribution in [1.29, 1.82) is 0 Å². The van der Waals surface area contributed by atoms with E-state index < -0.39 is 0 Å². The summed E-state index contributed by atoms with van der Waals surface area (Å²) in [5, 5.41) is 0. The monoisotopic (exact) mass is 704 g/mol. The summed E-state index contributed by atoms with van der Waals surface area (Å²) in [5.41, 5.74) is 14.8. The molecule has 0 aliphatic heterocycles. The molecule has 0 radical (unpaired) electrons. The van der Waals surface area contributed by atoms with Crippen LogP contribution in [0.5, 0.6) is 0 Å². The van der Waals surface area contributed by atoms with Gasteiger partial charge in [0.15, 0.2) is 0 Å². The predicted octanol–water partition coefficient (Wildman–Crippen LogP) is 5.31. The van der Waals surface area contributed by atoms with Crippen LogP contribution in [0.1, 0.15) is 123 Å². The number of allylic oxidation sites excluding steroid dienone is 6. The minimum atomic E-state index is 0. The second-order valence-electron chi connectivity index (χ2n) is 17.7. The Morgan fingerprint density at radius 3 is 1.68 bits per heavy atom. The topological polar surface area (TPSA) is 0 Å². The van der Waals surface area contributed by atoms with E-state index in [2.05, 4.69) is 124 Å². The van der Waals surface area contributed by atoms with Gasteiger partial charge in [-0.1, -0.05) is 135 Å². The van der Waals surface area contributed by atoms with E-state index in [1.165, 1.54) is 47.9 Å². The van der Waals surface area contributed by atoms with Gasteiger partial charge in [0.05, 0.1) is 0 Å². The van der Waals surface area contributed by atoms with Crippen LogP contribution in [0.2, 0.25) is 0 Å². The van der Waals surface area contributed by atoms with Crippen molar-refractivity contribution in [1.82, 2.24) is 0 Å². The Morgan fingerprint density at radius 1 is 0.705 bits per heavy atom. The van der Waals surface area contributed by atoms with Crippen LogP contribution in [0, 0.1) is 34.5 Å². The number of hydrogen-bond acceptors (Lipinski definition) is 0. The second-order valence-corrected chi connectivity index (χ2v) is 17.7. The standard InChI is InChI=1S/C41H52.2ClH.Zr/c1-38(2,3)26-13-15-29-32(19-26)33-20-27(39(4,5)6)14-16-30(33)37(29)41(10)23-35(31-18-24-11-12-25(31)17-24)34-21-28(22-36(34)41)40(7,8)9;;;/h11-16,19-20,22,24-25,31,35,37H,17-18,21,23H2,1-10H3;2*1H;/q;;;+2/p-2. The Labute approximate surface area is 300 Å². The Kier molecular flexibility index (Phi) is 9.54. The summed E-state index contributed by atoms with van der Waals surface area (Å²) < 4.78 is 0. The zero-order valence-corrected chi connectivity index (χ0v) is 32.6. The maximum Gasteiger partial charge on any atom is 2.00 e. The molecule has 5 unspecified atom stereocenters. The first-order chi connectivity index (χ1) is 19.1. The Morgan fingerprint density at radius 2 is 1.25 bits per heavy atom. The van der Waals surface area contributed by atoms with Crippen molar-refractivity contribution in [3.63, 3.8) is 0 Å². The van der Waals surface area contributed by atoms with Crippen LogP contribution in [-0.2, 0) is 37.0 Å². The van der Waals surface area contributed by atoms with Crippen molar-refractivity contribution in [2.45, 2.75) is 112 Å². The SMILES string of the molecule is CC(C)(C)C1=CC2=C(C1)C(C1CC3C=CC1C3)CC2(C)C1c2ccc(C(C)(C)C)cc2-c2cc(C(C)(C)C)ccc21.[Cl-].[Cl-].[Zr+2]. The summed E-state index contributed by atoms with van der Waals surface area (Å²) in [6.45, 7) is 24.1. The van der Waals surface area contributed by atoms with E-state index in [0.29, 0.717) is 5.92 Å². The molecule has 0 aromatic heterocycles. The largest absolute Gasteiger partial charge is 2.00 e. The van der Waals surface area contributed by atoms with Crippen LogP contribution >= 0.6 is 0 Å². The molecule has 234 valence electrons. The van der Waals surface area contributed by atoms with E-state index >= 15 is 0 Å². The van der Waals surface area contributed by atoms with E-state index in [1.807, 2.05) is 5.57 Å². The summed E-state index contributed by atoms with van der Waals surface area (Å²) in [4.78, 5) is 0. The second kappa shape index (κ2) is 11.7. The molecule has 1 fully saturated rings. The molecule has 1 saturated carbocycles. The first kappa shape index (κ1) is 36.0. The summed E-state index contributed by atoms with van der Waals surface area (Å²) in [6, 6.07) is 15.0. The maximum atomic E-state index is 2.70. The van der Waals surface area contributed by atoms with Gasteiger partial charge in [-0.3, -0.25) is 0 Å². The molecule has 3 heteroatoms. The summed E-state index contributed by atoms with van der Waals surface area (Å²) in [7, 11) is 0. The van der Waals surface area contributed by atoms with Crippen LogP contribution in [-0.4, -0.2) is 0 Å². The summed E-state index contributed by atoms with van der Waals surface area (Å²) in [5.74, 6) is 3.59. The van der Waals surface area contributed by atoms with Crippen molar-refractivity contribution in [3.05, 3.63) is 93.6 Å². The zero-order valence-electron chi connectivity index (χ0n) is 28.7. The minimum absolute atomic E-state index is 0. The van der Waals surface area contributed by atoms with Crippen LogP contribution in [0.25, 0.3) is 11.1 Å². The third-order valence-electron chi connectivity index (χ3n) is 12.0. The molecule has 0 nitrogen and oxygen atoms in total. The summed E-state index contributed by atoms with van der Waals surface area (Å²) >= 11 is 0. The van der Waals surface area contributed by atoms with Crippen LogP contribution in [0.15, 0.2) is 71.3 Å². The normalized spacial score (nSPS) is 28.6. The van der Waals surface area contributed by atoms with Gasteiger partial charge in [0.2, 0.25) is 0 Å². The molecule has 5 aliphatic rings. The fourth-order valence-corrected chi connectivity index (χ4v) is 9.49. The predicted molar refractivity (Wildman–Crippen MR) is 175 cm³/mol. The van der Waals surface area contributed by atoms with E-state index in [0.717, 1.165) is 23.7 Å². The molecule has 5 atom stereocenters. The van der Waals surface area contributed by atoms with Crippen molar-refractivity contribution in [2.75, 3.05) is 0 Å². The molecule has 44 heavy (non-hydrogen) atoms. The van der Waals surface area contributed by atoms with Gasteiger partial charge in [-0.05, 0) is 105 Å². The number of benzene rings is 2. The van der Waals surface area contributed by atoms with E-state index in [1.54, 1.807) is 22.3 Å². The van der Waals surface area contributed by atoms with Crippen LogP contribution in [0.4, 0.5) is 0 Å². The number of hydrogen-bond donors (Lipinski definition) is 0. The minimum Gasteiger partial charge on any atom is -1.00 e. The van der Waals surface area contributed by atoms with Gasteiger partial charge < -0.3 is 24.8 Å². The zero-order chi connectivity index (χ0) is 29.3. The maximum absolute atomic E-state index is 2.70. The molecule has 2 bridgehead atoms. The van der Waals surface area contributed by atoms with Gasteiger partial charge in [-0.2, -0.15) is 0 Å². The van der Waals surface area contributed by atoms with Crippen molar-refractivity contribution >= 4 is 0 Å². The molecule has 2 aromatic rings. The molecule has 0 saturated heterocycles. The molecule has 5 aliphatic carbocycles. The van der Waals surface area contributed by atoms with Crippen LogP contribution < -0.4 is 24.8 Å². The van der Waals surface area contributed by atoms with Gasteiger partial charge in [-0.25, -0.2) is 0 Å². The first-order valence-corrected chi connectivity index (χ1v) is 16.5. The third-order valence-corrected chi connectivity index (χ3v) is 12.0. The smallest absolute Gasteiger partial charge is 1.00 e. The molecule has 2 aromatic carbocycles. The van der Waals surface area contributed by atoms with Crippen molar-refractivity contribution in [2.24, 2.45) is 34.5 Å². The quantitative estimate of drug-likeness (QED) is 0.372. The van der Waals surface area contributed by atoms with Gasteiger partial charge in [-0.15, -0.1) is 0 Å². The van der Waals surface area contributed by atoms with Crippen molar-refractivity contribution in [3.8, 4) is 11.1 Å². The molecule has 0 amide bonds. The molecular weight excluding hydrogens is 655 g/mol. The van der Waals surface area contributed by atoms with Gasteiger partial charge in [0, 0.05) is 11.3 Å². The molecule has 0 N–H and O–H groups in total. The molecule has 0 heterocycles. The van der Waals surface area contributed by atoms with Gasteiger partial charge in [0.1, 0.15) is 0 Å². The Bertz CT molecular complexity index is 1470. The van der Waals surface area contributed by atoms with Crippen molar-refractivity contribution < 1.29 is 51.0 Å². The number of rotatable bonds is 2. The van der Waals surface area contributed by atoms with Gasteiger partial charge in [0.25, 0.3) is 0 Å². The number of fused-ring (bicyclic) bond motifs is 5. The van der Waals surface area contributed by atoms with E-state index in [4.69, 9.17) is 0 Å². The molecule has 7 rings (SSSR count). The Balaban J connectivity index is 0.00000147. The average molecular weight is 707 g/mol. The number of halogens is 2. The summed E-state index contributed by atoms with van der Waals surface area (Å²) in [6.07, 6.45) is 13.1. The molecular formula is C41H52Cl2Zr. The fraction of sp³-hybridized carbons (Fsp3) is 0.561. The van der Waals surface area contributed by atoms with E-state index in [9.17, 15) is 0 Å². The third kappa shape index (κ3) is 5.56. The van der Waals surface area contributed by atoms with Gasteiger partial charge >= 0.3 is 26.2 Å². The van der Waals surface area contributed by atoms with Crippen LogP contribution in [0.3, 0.4) is 0 Å². The Hall–Kier alpha value is -0.877. The molecule has 0 spiro atoms. The van der Waals surface area contributed by atoms with E-state index in [-0.39, 0.29) is 72.7 Å². The average Bonchev–Trinajstić information content (AvgIpc) is 3.68.